The molecule has 2 aromatic rings. The summed E-state index contributed by atoms with van der Waals surface area (Å²) in [5, 5.41) is 15.5. The molecule has 1 aliphatic carbocycles. The number of para-hydroxylation sites is 1. The zero-order valence-electron chi connectivity index (χ0n) is 19.3. The minimum atomic E-state index is -0.611. The van der Waals surface area contributed by atoms with Gasteiger partial charge in [0.15, 0.2) is 0 Å². The van der Waals surface area contributed by atoms with Crippen molar-refractivity contribution in [1.82, 2.24) is 20.7 Å². The maximum absolute atomic E-state index is 13.0. The number of nitrogens with one attached hydrogen (secondary N) is 3. The average molecular weight is 456 g/mol. The van der Waals surface area contributed by atoms with E-state index in [1.54, 1.807) is 17.7 Å². The molecule has 0 saturated heterocycles. The highest BCUT2D eigenvalue weighted by molar-refractivity contribution is 5.99. The Hall–Kier alpha value is -3.20. The molecule has 0 bridgehead atoms. The Balaban J connectivity index is 1.56. The molecule has 4 amide bonds. The highest BCUT2D eigenvalue weighted by atomic mass is 16.5. The van der Waals surface area contributed by atoms with Crippen molar-refractivity contribution < 1.29 is 19.6 Å². The second kappa shape index (κ2) is 11.1. The van der Waals surface area contributed by atoms with Crippen molar-refractivity contribution in [2.45, 2.75) is 46.0 Å². The van der Waals surface area contributed by atoms with E-state index in [1.807, 2.05) is 38.1 Å². The second-order valence-electron chi connectivity index (χ2n) is 9.49. The highest BCUT2D eigenvalue weighted by Crippen LogP contribution is 2.27. The first-order chi connectivity index (χ1) is 15.8. The highest BCUT2D eigenvalue weighted by Gasteiger charge is 2.29. The molecular formula is C24H33N5O4. The van der Waals surface area contributed by atoms with Crippen molar-refractivity contribution in [2.75, 3.05) is 25.0 Å². The van der Waals surface area contributed by atoms with E-state index in [-0.39, 0.29) is 31.4 Å². The Labute approximate surface area is 193 Å². The first-order valence-corrected chi connectivity index (χ1v) is 11.4. The fourth-order valence-electron chi connectivity index (χ4n) is 4.24. The molecule has 1 saturated carbocycles. The number of hydrogen-bond donors (Lipinski definition) is 4. The van der Waals surface area contributed by atoms with E-state index in [9.17, 15) is 14.4 Å². The van der Waals surface area contributed by atoms with Crippen LogP contribution in [0, 0.1) is 11.3 Å². The predicted octanol–water partition coefficient (Wildman–Crippen LogP) is 3.30. The topological polar surface area (TPSA) is 124 Å². The normalized spacial score (nSPS) is 14.2. The number of nitrogens with zero attached hydrogens (tertiary/aromatic N) is 2. The molecule has 1 aliphatic rings. The number of rotatable bonds is 9. The minimum absolute atomic E-state index is 0.161. The number of benzene rings is 1. The number of aromatic nitrogens is 1. The standard InChI is InChI=1S/C24H33N5O4/c1-24(2,13-21(31)29(15-20(30)28-33)14-17-7-3-4-8-17)16-26-23(32)27-19-11-5-9-18-10-6-12-25-22(18)19/h5-6,9-12,17,33H,3-4,7-8,13-16H2,1-2H3,(H,28,30)(H2,26,27,32). The van der Waals surface area contributed by atoms with E-state index in [0.717, 1.165) is 31.1 Å². The summed E-state index contributed by atoms with van der Waals surface area (Å²) in [5.74, 6) is -0.405. The van der Waals surface area contributed by atoms with Gasteiger partial charge in [-0.05, 0) is 36.3 Å². The molecule has 4 N–H and O–H groups in total. The Morgan fingerprint density at radius 2 is 1.88 bits per heavy atom. The van der Waals surface area contributed by atoms with Gasteiger partial charge in [0.1, 0.15) is 6.54 Å². The number of amides is 4. The van der Waals surface area contributed by atoms with Gasteiger partial charge in [0.2, 0.25) is 5.91 Å². The van der Waals surface area contributed by atoms with Gasteiger partial charge in [-0.3, -0.25) is 19.8 Å². The first-order valence-electron chi connectivity index (χ1n) is 11.4. The molecule has 0 aliphatic heterocycles. The van der Waals surface area contributed by atoms with Crippen LogP contribution in [0.3, 0.4) is 0 Å². The maximum atomic E-state index is 13.0. The van der Waals surface area contributed by atoms with Crippen molar-refractivity contribution in [1.29, 1.82) is 0 Å². The summed E-state index contributed by atoms with van der Waals surface area (Å²) in [6, 6.07) is 8.95. The summed E-state index contributed by atoms with van der Waals surface area (Å²) in [6.07, 6.45) is 6.19. The molecule has 9 nitrogen and oxygen atoms in total. The van der Waals surface area contributed by atoms with Crippen molar-refractivity contribution in [3.8, 4) is 0 Å². The number of urea groups is 1. The molecule has 1 aromatic carbocycles. The van der Waals surface area contributed by atoms with E-state index in [0.29, 0.717) is 23.7 Å². The molecule has 0 radical (unpaired) electrons. The lowest BCUT2D eigenvalue weighted by Gasteiger charge is -2.30. The summed E-state index contributed by atoms with van der Waals surface area (Å²) in [4.78, 5) is 43.1. The van der Waals surface area contributed by atoms with Gasteiger partial charge in [-0.1, -0.05) is 44.9 Å². The molecule has 1 heterocycles. The van der Waals surface area contributed by atoms with Gasteiger partial charge in [-0.2, -0.15) is 0 Å². The predicted molar refractivity (Wildman–Crippen MR) is 126 cm³/mol. The van der Waals surface area contributed by atoms with Gasteiger partial charge in [0, 0.05) is 31.1 Å². The number of hydrogen-bond acceptors (Lipinski definition) is 5. The van der Waals surface area contributed by atoms with E-state index in [1.165, 1.54) is 4.90 Å². The molecular weight excluding hydrogens is 422 g/mol. The molecule has 178 valence electrons. The third-order valence-electron chi connectivity index (χ3n) is 6.00. The zero-order valence-corrected chi connectivity index (χ0v) is 19.3. The summed E-state index contributed by atoms with van der Waals surface area (Å²) in [5.41, 5.74) is 2.39. The van der Waals surface area contributed by atoms with Gasteiger partial charge in [-0.25, -0.2) is 10.3 Å². The van der Waals surface area contributed by atoms with Crippen LogP contribution in [-0.4, -0.2) is 52.6 Å². The first kappa shape index (κ1) is 24.4. The van der Waals surface area contributed by atoms with Crippen LogP contribution < -0.4 is 16.1 Å². The number of carbonyl (C=O) groups is 3. The van der Waals surface area contributed by atoms with E-state index < -0.39 is 11.3 Å². The maximum Gasteiger partial charge on any atom is 0.319 e. The lowest BCUT2D eigenvalue weighted by atomic mass is 9.88. The smallest absolute Gasteiger partial charge is 0.319 e. The van der Waals surface area contributed by atoms with Gasteiger partial charge in [0.05, 0.1) is 11.2 Å². The van der Waals surface area contributed by atoms with E-state index >= 15 is 0 Å². The number of fused-ring (bicyclic) bond motifs is 1. The minimum Gasteiger partial charge on any atom is -0.337 e. The monoisotopic (exact) mass is 455 g/mol. The molecule has 9 heteroatoms. The molecule has 1 fully saturated rings. The van der Waals surface area contributed by atoms with Crippen molar-refractivity contribution in [3.05, 3.63) is 36.5 Å². The molecule has 0 unspecified atom stereocenters. The largest absolute Gasteiger partial charge is 0.337 e. The quantitative estimate of drug-likeness (QED) is 0.341. The van der Waals surface area contributed by atoms with Crippen LogP contribution in [0.15, 0.2) is 36.5 Å². The lowest BCUT2D eigenvalue weighted by molar-refractivity contribution is -0.141. The number of hydroxylamine groups is 1. The Morgan fingerprint density at radius 3 is 2.61 bits per heavy atom. The summed E-state index contributed by atoms with van der Waals surface area (Å²) >= 11 is 0. The summed E-state index contributed by atoms with van der Waals surface area (Å²) in [7, 11) is 0. The van der Waals surface area contributed by atoms with Crippen molar-refractivity contribution in [3.63, 3.8) is 0 Å². The SMILES string of the molecule is CC(C)(CNC(=O)Nc1cccc2cccnc12)CC(=O)N(CC(=O)NO)CC1CCCC1. The van der Waals surface area contributed by atoms with E-state index in [4.69, 9.17) is 5.21 Å². The summed E-state index contributed by atoms with van der Waals surface area (Å²) < 4.78 is 0. The van der Waals surface area contributed by atoms with Crippen molar-refractivity contribution >= 4 is 34.4 Å². The van der Waals surface area contributed by atoms with Crippen LogP contribution in [0.5, 0.6) is 0 Å². The molecule has 0 spiro atoms. The van der Waals surface area contributed by atoms with Crippen LogP contribution in [0.4, 0.5) is 10.5 Å². The number of carbonyl (C=O) groups excluding carboxylic acids is 3. The molecule has 0 atom stereocenters. The Bertz CT molecular complexity index is 982. The van der Waals surface area contributed by atoms with Crippen LogP contribution in [0.2, 0.25) is 0 Å². The molecule has 3 rings (SSSR count). The van der Waals surface area contributed by atoms with E-state index in [2.05, 4.69) is 15.6 Å². The van der Waals surface area contributed by atoms with Crippen LogP contribution in [0.25, 0.3) is 10.9 Å². The lowest BCUT2D eigenvalue weighted by Crippen LogP contribution is -2.45. The summed E-state index contributed by atoms with van der Waals surface area (Å²) in [6.45, 7) is 4.38. The third kappa shape index (κ3) is 7.15. The van der Waals surface area contributed by atoms with Crippen LogP contribution in [0.1, 0.15) is 46.0 Å². The number of pyridine rings is 1. The Morgan fingerprint density at radius 1 is 1.15 bits per heavy atom. The fraction of sp³-hybridized carbons (Fsp3) is 0.500. The van der Waals surface area contributed by atoms with Crippen LogP contribution >= 0.6 is 0 Å². The van der Waals surface area contributed by atoms with Gasteiger partial charge in [0.25, 0.3) is 5.91 Å². The fourth-order valence-corrected chi connectivity index (χ4v) is 4.24. The third-order valence-corrected chi connectivity index (χ3v) is 6.00. The zero-order chi connectivity index (χ0) is 23.8. The molecule has 33 heavy (non-hydrogen) atoms. The van der Waals surface area contributed by atoms with Crippen molar-refractivity contribution in [2.24, 2.45) is 11.3 Å². The van der Waals surface area contributed by atoms with Crippen LogP contribution in [-0.2, 0) is 9.59 Å². The van der Waals surface area contributed by atoms with Gasteiger partial charge >= 0.3 is 6.03 Å². The second-order valence-corrected chi connectivity index (χ2v) is 9.49. The van der Waals surface area contributed by atoms with Gasteiger partial charge in [-0.15, -0.1) is 0 Å². The van der Waals surface area contributed by atoms with Gasteiger partial charge < -0.3 is 15.5 Å². The average Bonchev–Trinajstić information content (AvgIpc) is 3.30. The molecule has 1 aromatic heterocycles. The number of anilines is 1. The Kier molecular flexibility index (Phi) is 8.21.